The van der Waals surface area contributed by atoms with E-state index >= 15 is 0 Å². The van der Waals surface area contributed by atoms with Crippen molar-refractivity contribution in [2.75, 3.05) is 20.8 Å². The predicted octanol–water partition coefficient (Wildman–Crippen LogP) is 3.17. The minimum absolute atomic E-state index is 0.0130. The van der Waals surface area contributed by atoms with Crippen LogP contribution >= 0.6 is 15.9 Å². The van der Waals surface area contributed by atoms with Crippen molar-refractivity contribution >= 4 is 21.8 Å². The van der Waals surface area contributed by atoms with Crippen LogP contribution in [0.25, 0.3) is 0 Å². The molecule has 21 heavy (non-hydrogen) atoms. The van der Waals surface area contributed by atoms with Crippen LogP contribution in [0.5, 0.6) is 0 Å². The molecule has 1 aromatic heterocycles. The van der Waals surface area contributed by atoms with E-state index in [9.17, 15) is 4.79 Å². The molecule has 0 atom stereocenters. The first-order chi connectivity index (χ1) is 10.1. The van der Waals surface area contributed by atoms with Gasteiger partial charge in [-0.3, -0.25) is 4.79 Å². The first-order valence-corrected chi connectivity index (χ1v) is 7.55. The summed E-state index contributed by atoms with van der Waals surface area (Å²) < 4.78 is 8.02. The normalized spacial score (nSPS) is 10.6. The third kappa shape index (κ3) is 4.19. The minimum Gasteiger partial charge on any atom is -0.383 e. The third-order valence-corrected chi connectivity index (χ3v) is 3.79. The van der Waals surface area contributed by atoms with Gasteiger partial charge in [-0.05, 0) is 29.8 Å². The molecule has 0 aliphatic rings. The van der Waals surface area contributed by atoms with Gasteiger partial charge in [0.2, 0.25) is 0 Å². The number of benzene rings is 1. The van der Waals surface area contributed by atoms with Gasteiger partial charge in [-0.2, -0.15) is 0 Å². The monoisotopic (exact) mass is 350 g/mol. The van der Waals surface area contributed by atoms with Gasteiger partial charge < -0.3 is 14.2 Å². The van der Waals surface area contributed by atoms with Crippen LogP contribution in [-0.2, 0) is 17.8 Å². The highest BCUT2D eigenvalue weighted by Crippen LogP contribution is 2.13. The van der Waals surface area contributed by atoms with Crippen molar-refractivity contribution in [2.45, 2.75) is 13.1 Å². The van der Waals surface area contributed by atoms with Crippen LogP contribution in [0, 0.1) is 0 Å². The van der Waals surface area contributed by atoms with Crippen LogP contribution in [0.3, 0.4) is 0 Å². The van der Waals surface area contributed by atoms with Crippen molar-refractivity contribution in [3.63, 3.8) is 0 Å². The average Bonchev–Trinajstić information content (AvgIpc) is 2.95. The Morgan fingerprint density at radius 2 is 2.00 bits per heavy atom. The van der Waals surface area contributed by atoms with Crippen molar-refractivity contribution in [3.05, 3.63) is 58.3 Å². The Morgan fingerprint density at radius 1 is 1.29 bits per heavy atom. The van der Waals surface area contributed by atoms with Crippen LogP contribution in [0.15, 0.2) is 47.1 Å². The lowest BCUT2D eigenvalue weighted by molar-refractivity contribution is 0.0771. The van der Waals surface area contributed by atoms with Gasteiger partial charge in [-0.1, -0.05) is 28.1 Å². The molecule has 2 rings (SSSR count). The van der Waals surface area contributed by atoms with Gasteiger partial charge in [0.25, 0.3) is 5.91 Å². The second kappa shape index (κ2) is 7.43. The lowest BCUT2D eigenvalue weighted by Crippen LogP contribution is -2.28. The highest BCUT2D eigenvalue weighted by atomic mass is 79.9. The molecule has 2 aromatic rings. The van der Waals surface area contributed by atoms with E-state index in [1.165, 1.54) is 0 Å². The number of hydrogen-bond donors (Lipinski definition) is 0. The number of aromatic nitrogens is 1. The van der Waals surface area contributed by atoms with Crippen LogP contribution in [0.4, 0.5) is 0 Å². The number of rotatable bonds is 6. The standard InChI is InChI=1S/C16H19BrN2O2/c1-18(12-13-5-7-14(17)8-6-13)16(20)15-4-3-9-19(15)10-11-21-2/h3-9H,10-12H2,1-2H3. The van der Waals surface area contributed by atoms with E-state index in [0.29, 0.717) is 25.4 Å². The Morgan fingerprint density at radius 3 is 2.67 bits per heavy atom. The third-order valence-electron chi connectivity index (χ3n) is 3.26. The summed E-state index contributed by atoms with van der Waals surface area (Å²) in [5, 5.41) is 0. The van der Waals surface area contributed by atoms with Gasteiger partial charge >= 0.3 is 0 Å². The predicted molar refractivity (Wildman–Crippen MR) is 86.2 cm³/mol. The second-order valence-corrected chi connectivity index (χ2v) is 5.78. The van der Waals surface area contributed by atoms with Crippen LogP contribution in [0.1, 0.15) is 16.1 Å². The lowest BCUT2D eigenvalue weighted by Gasteiger charge is -2.18. The molecule has 0 fully saturated rings. The summed E-state index contributed by atoms with van der Waals surface area (Å²) in [6.07, 6.45) is 1.90. The van der Waals surface area contributed by atoms with Gasteiger partial charge in [0.15, 0.2) is 0 Å². The maximum absolute atomic E-state index is 12.5. The molecule has 0 radical (unpaired) electrons. The highest BCUT2D eigenvalue weighted by molar-refractivity contribution is 9.10. The van der Waals surface area contributed by atoms with Crippen molar-refractivity contribution in [1.82, 2.24) is 9.47 Å². The van der Waals surface area contributed by atoms with Gasteiger partial charge in [-0.15, -0.1) is 0 Å². The summed E-state index contributed by atoms with van der Waals surface area (Å²) >= 11 is 3.41. The number of methoxy groups -OCH3 is 1. The number of carbonyl (C=O) groups is 1. The molecule has 4 nitrogen and oxygen atoms in total. The van der Waals surface area contributed by atoms with E-state index in [2.05, 4.69) is 15.9 Å². The molecular formula is C16H19BrN2O2. The molecule has 0 aliphatic carbocycles. The molecule has 1 aromatic carbocycles. The molecule has 0 bridgehead atoms. The molecule has 0 saturated carbocycles. The van der Waals surface area contributed by atoms with Crippen LogP contribution in [-0.4, -0.2) is 36.1 Å². The summed E-state index contributed by atoms with van der Waals surface area (Å²) in [4.78, 5) is 14.2. The van der Waals surface area contributed by atoms with Gasteiger partial charge in [-0.25, -0.2) is 0 Å². The van der Waals surface area contributed by atoms with Gasteiger partial charge in [0, 0.05) is 37.9 Å². The van der Waals surface area contributed by atoms with E-state index in [4.69, 9.17) is 4.74 Å². The van der Waals surface area contributed by atoms with Crippen LogP contribution in [0.2, 0.25) is 0 Å². The van der Waals surface area contributed by atoms with Gasteiger partial charge in [0.05, 0.1) is 6.61 Å². The number of ether oxygens (including phenoxy) is 1. The molecule has 1 amide bonds. The molecule has 0 unspecified atom stereocenters. The van der Waals surface area contributed by atoms with E-state index in [0.717, 1.165) is 10.0 Å². The molecule has 0 aliphatic heterocycles. The highest BCUT2D eigenvalue weighted by Gasteiger charge is 2.15. The summed E-state index contributed by atoms with van der Waals surface area (Å²) in [6.45, 7) is 1.85. The topological polar surface area (TPSA) is 34.5 Å². The Hall–Kier alpha value is -1.59. The van der Waals surface area contributed by atoms with E-state index in [-0.39, 0.29) is 5.91 Å². The fraction of sp³-hybridized carbons (Fsp3) is 0.312. The summed E-state index contributed by atoms with van der Waals surface area (Å²) in [7, 11) is 3.47. The van der Waals surface area contributed by atoms with Crippen molar-refractivity contribution in [3.8, 4) is 0 Å². The Labute approximate surface area is 133 Å². The Balaban J connectivity index is 2.05. The number of halogens is 1. The molecule has 112 valence electrons. The smallest absolute Gasteiger partial charge is 0.270 e. The van der Waals surface area contributed by atoms with E-state index < -0.39 is 0 Å². The molecular weight excluding hydrogens is 332 g/mol. The van der Waals surface area contributed by atoms with Crippen LogP contribution < -0.4 is 0 Å². The zero-order valence-electron chi connectivity index (χ0n) is 12.3. The maximum Gasteiger partial charge on any atom is 0.270 e. The molecule has 0 saturated heterocycles. The number of carbonyl (C=O) groups excluding carboxylic acids is 1. The van der Waals surface area contributed by atoms with E-state index in [1.54, 1.807) is 12.0 Å². The minimum atomic E-state index is 0.0130. The fourth-order valence-electron chi connectivity index (χ4n) is 2.12. The van der Waals surface area contributed by atoms with Crippen molar-refractivity contribution < 1.29 is 9.53 Å². The Kier molecular flexibility index (Phi) is 5.59. The Bertz CT molecular complexity index is 593. The fourth-order valence-corrected chi connectivity index (χ4v) is 2.39. The van der Waals surface area contributed by atoms with Crippen molar-refractivity contribution in [1.29, 1.82) is 0 Å². The number of amides is 1. The quantitative estimate of drug-likeness (QED) is 0.801. The first-order valence-electron chi connectivity index (χ1n) is 6.76. The zero-order valence-corrected chi connectivity index (χ0v) is 13.8. The largest absolute Gasteiger partial charge is 0.383 e. The summed E-state index contributed by atoms with van der Waals surface area (Å²) in [5.41, 5.74) is 1.79. The molecule has 1 heterocycles. The lowest BCUT2D eigenvalue weighted by atomic mass is 10.2. The maximum atomic E-state index is 12.5. The average molecular weight is 351 g/mol. The number of nitrogens with zero attached hydrogens (tertiary/aromatic N) is 2. The molecule has 5 heteroatoms. The summed E-state index contributed by atoms with van der Waals surface area (Å²) in [5.74, 6) is 0.0130. The van der Waals surface area contributed by atoms with Gasteiger partial charge in [0.1, 0.15) is 5.69 Å². The second-order valence-electron chi connectivity index (χ2n) is 4.87. The van der Waals surface area contributed by atoms with Crippen molar-refractivity contribution in [2.24, 2.45) is 0 Å². The van der Waals surface area contributed by atoms with E-state index in [1.807, 2.05) is 54.2 Å². The molecule has 0 spiro atoms. The molecule has 0 N–H and O–H groups in total. The summed E-state index contributed by atoms with van der Waals surface area (Å²) in [6, 6.07) is 11.7. The SMILES string of the molecule is COCCn1cccc1C(=O)N(C)Cc1ccc(Br)cc1. The first kappa shape index (κ1) is 15.8. The zero-order chi connectivity index (χ0) is 15.2. The number of hydrogen-bond acceptors (Lipinski definition) is 2.